The van der Waals surface area contributed by atoms with Gasteiger partial charge in [0.05, 0.1) is 5.56 Å². The van der Waals surface area contributed by atoms with Crippen LogP contribution in [0.25, 0.3) is 0 Å². The van der Waals surface area contributed by atoms with Crippen molar-refractivity contribution in [1.82, 2.24) is 5.32 Å². The largest absolute Gasteiger partial charge is 0.480 e. The van der Waals surface area contributed by atoms with Gasteiger partial charge in [-0.15, -0.1) is 11.8 Å². The highest BCUT2D eigenvalue weighted by molar-refractivity contribution is 8.00. The van der Waals surface area contributed by atoms with Gasteiger partial charge in [0.1, 0.15) is 5.25 Å². The summed E-state index contributed by atoms with van der Waals surface area (Å²) >= 11 is 1.20. The number of hydrogen-bond donors (Lipinski definition) is 2. The van der Waals surface area contributed by atoms with Crippen LogP contribution in [0.1, 0.15) is 43.0 Å². The van der Waals surface area contributed by atoms with E-state index in [1.165, 1.54) is 37.4 Å². The quantitative estimate of drug-likeness (QED) is 0.792. The molecule has 0 bridgehead atoms. The molecule has 1 amide bonds. The van der Waals surface area contributed by atoms with Gasteiger partial charge in [0, 0.05) is 11.4 Å². The van der Waals surface area contributed by atoms with E-state index in [1.807, 2.05) is 6.07 Å². The van der Waals surface area contributed by atoms with Crippen LogP contribution in [0.15, 0.2) is 29.2 Å². The Morgan fingerprint density at radius 3 is 2.67 bits per heavy atom. The number of carboxylic acid groups (broad SMARTS) is 1. The van der Waals surface area contributed by atoms with Crippen LogP contribution in [0, 0.1) is 5.92 Å². The molecule has 1 saturated carbocycles. The molecule has 1 aromatic carbocycles. The van der Waals surface area contributed by atoms with E-state index in [9.17, 15) is 9.59 Å². The van der Waals surface area contributed by atoms with Gasteiger partial charge in [-0.2, -0.15) is 0 Å². The van der Waals surface area contributed by atoms with Crippen LogP contribution in [-0.2, 0) is 4.79 Å². The summed E-state index contributed by atoms with van der Waals surface area (Å²) in [6, 6.07) is 7.18. The monoisotopic (exact) mass is 307 g/mol. The van der Waals surface area contributed by atoms with Crippen molar-refractivity contribution in [2.24, 2.45) is 5.92 Å². The van der Waals surface area contributed by atoms with E-state index in [0.717, 1.165) is 4.90 Å². The second-order valence-electron chi connectivity index (χ2n) is 5.45. The third-order valence-corrected chi connectivity index (χ3v) is 4.97. The van der Waals surface area contributed by atoms with Crippen molar-refractivity contribution in [2.45, 2.75) is 42.8 Å². The van der Waals surface area contributed by atoms with Gasteiger partial charge in [-0.05, 0) is 37.8 Å². The molecule has 0 spiro atoms. The minimum atomic E-state index is -0.874. The van der Waals surface area contributed by atoms with Crippen LogP contribution >= 0.6 is 11.8 Å². The SMILES string of the molecule is CC(Sc1ccccc1C(=O)NCC1CCCC1)C(=O)O. The Bertz CT molecular complexity index is 512. The predicted molar refractivity (Wildman–Crippen MR) is 83.7 cm³/mol. The fourth-order valence-electron chi connectivity index (χ4n) is 2.54. The van der Waals surface area contributed by atoms with Crippen LogP contribution in [0.2, 0.25) is 0 Å². The molecule has 1 atom stereocenters. The van der Waals surface area contributed by atoms with Crippen LogP contribution in [-0.4, -0.2) is 28.8 Å². The van der Waals surface area contributed by atoms with Gasteiger partial charge < -0.3 is 10.4 Å². The first-order valence-electron chi connectivity index (χ1n) is 7.34. The molecule has 1 fully saturated rings. The maximum Gasteiger partial charge on any atom is 0.316 e. The third-order valence-electron chi connectivity index (χ3n) is 3.81. The molecule has 0 heterocycles. The molecule has 4 nitrogen and oxygen atoms in total. The summed E-state index contributed by atoms with van der Waals surface area (Å²) in [7, 11) is 0. The number of rotatable bonds is 6. The lowest BCUT2D eigenvalue weighted by Gasteiger charge is -2.14. The molecule has 2 rings (SSSR count). The summed E-state index contributed by atoms with van der Waals surface area (Å²) in [6.45, 7) is 2.34. The minimum absolute atomic E-state index is 0.109. The van der Waals surface area contributed by atoms with Crippen LogP contribution in [0.5, 0.6) is 0 Å². The number of nitrogens with one attached hydrogen (secondary N) is 1. The maximum atomic E-state index is 12.3. The number of hydrogen-bond acceptors (Lipinski definition) is 3. The lowest BCUT2D eigenvalue weighted by molar-refractivity contribution is -0.136. The first-order chi connectivity index (χ1) is 10.1. The Balaban J connectivity index is 2.00. The van der Waals surface area contributed by atoms with Gasteiger partial charge in [0.25, 0.3) is 5.91 Å². The molecule has 0 saturated heterocycles. The topological polar surface area (TPSA) is 66.4 Å². The van der Waals surface area contributed by atoms with E-state index >= 15 is 0 Å². The lowest BCUT2D eigenvalue weighted by atomic mass is 10.1. The van der Waals surface area contributed by atoms with Gasteiger partial charge >= 0.3 is 5.97 Å². The molecule has 1 unspecified atom stereocenters. The van der Waals surface area contributed by atoms with E-state index in [-0.39, 0.29) is 5.91 Å². The molecule has 1 aliphatic carbocycles. The Morgan fingerprint density at radius 1 is 1.33 bits per heavy atom. The van der Waals surface area contributed by atoms with Gasteiger partial charge in [0.2, 0.25) is 0 Å². The van der Waals surface area contributed by atoms with Crippen molar-refractivity contribution in [3.8, 4) is 0 Å². The summed E-state index contributed by atoms with van der Waals surface area (Å²) < 4.78 is 0. The molecular weight excluding hydrogens is 286 g/mol. The van der Waals surface area contributed by atoms with Crippen molar-refractivity contribution in [2.75, 3.05) is 6.54 Å². The molecule has 0 aliphatic heterocycles. The van der Waals surface area contributed by atoms with Gasteiger partial charge in [-0.3, -0.25) is 9.59 Å². The number of thioether (sulfide) groups is 1. The molecule has 0 aromatic heterocycles. The average molecular weight is 307 g/mol. The first-order valence-corrected chi connectivity index (χ1v) is 8.22. The lowest BCUT2D eigenvalue weighted by Crippen LogP contribution is -2.28. The standard InChI is InChI=1S/C16H21NO3S/c1-11(16(19)20)21-14-9-5-4-8-13(14)15(18)17-10-12-6-2-3-7-12/h4-5,8-9,11-12H,2-3,6-7,10H2,1H3,(H,17,18)(H,19,20). The van der Waals surface area contributed by atoms with E-state index in [4.69, 9.17) is 5.11 Å². The third kappa shape index (κ3) is 4.49. The zero-order chi connectivity index (χ0) is 15.2. The van der Waals surface area contributed by atoms with Crippen LogP contribution < -0.4 is 5.32 Å². The zero-order valence-corrected chi connectivity index (χ0v) is 13.0. The summed E-state index contributed by atoms with van der Waals surface area (Å²) in [4.78, 5) is 24.0. The first kappa shape index (κ1) is 15.9. The highest BCUT2D eigenvalue weighted by atomic mass is 32.2. The van der Waals surface area contributed by atoms with E-state index in [1.54, 1.807) is 25.1 Å². The number of benzene rings is 1. The van der Waals surface area contributed by atoms with Crippen LogP contribution in [0.3, 0.4) is 0 Å². The normalized spacial score (nSPS) is 16.6. The number of carbonyl (C=O) groups is 2. The van der Waals surface area contributed by atoms with E-state index in [2.05, 4.69) is 5.32 Å². The van der Waals surface area contributed by atoms with E-state index < -0.39 is 11.2 Å². The number of aliphatic carboxylic acids is 1. The second-order valence-corrected chi connectivity index (χ2v) is 6.84. The second kappa shape index (κ2) is 7.50. The molecule has 21 heavy (non-hydrogen) atoms. The van der Waals surface area contributed by atoms with Gasteiger partial charge in [-0.25, -0.2) is 0 Å². The Kier molecular flexibility index (Phi) is 5.67. The summed E-state index contributed by atoms with van der Waals surface area (Å²) in [5.74, 6) is -0.393. The van der Waals surface area contributed by atoms with Gasteiger partial charge in [-0.1, -0.05) is 25.0 Å². The molecule has 1 aliphatic rings. The molecule has 5 heteroatoms. The van der Waals surface area contributed by atoms with Crippen molar-refractivity contribution < 1.29 is 14.7 Å². The minimum Gasteiger partial charge on any atom is -0.480 e. The maximum absolute atomic E-state index is 12.3. The highest BCUT2D eigenvalue weighted by Crippen LogP contribution is 2.27. The Morgan fingerprint density at radius 2 is 2.00 bits per heavy atom. The molecule has 0 radical (unpaired) electrons. The van der Waals surface area contributed by atoms with Crippen molar-refractivity contribution in [3.05, 3.63) is 29.8 Å². The summed E-state index contributed by atoms with van der Waals surface area (Å²) in [6.07, 6.45) is 4.88. The smallest absolute Gasteiger partial charge is 0.316 e. The van der Waals surface area contributed by atoms with E-state index in [0.29, 0.717) is 18.0 Å². The summed E-state index contributed by atoms with van der Waals surface area (Å²) in [5.41, 5.74) is 0.564. The highest BCUT2D eigenvalue weighted by Gasteiger charge is 2.19. The van der Waals surface area contributed by atoms with Crippen molar-refractivity contribution in [1.29, 1.82) is 0 Å². The van der Waals surface area contributed by atoms with Crippen molar-refractivity contribution in [3.63, 3.8) is 0 Å². The Labute approximate surface area is 129 Å². The Hall–Kier alpha value is -1.49. The average Bonchev–Trinajstić information content (AvgIpc) is 2.98. The molecule has 1 aromatic rings. The number of amides is 1. The number of carboxylic acids is 1. The fourth-order valence-corrected chi connectivity index (χ4v) is 3.47. The molecular formula is C16H21NO3S. The fraction of sp³-hybridized carbons (Fsp3) is 0.500. The summed E-state index contributed by atoms with van der Waals surface area (Å²) in [5, 5.41) is 11.4. The molecule has 2 N–H and O–H groups in total. The molecule has 114 valence electrons. The van der Waals surface area contributed by atoms with Crippen molar-refractivity contribution >= 4 is 23.6 Å². The van der Waals surface area contributed by atoms with Gasteiger partial charge in [0.15, 0.2) is 0 Å². The number of carbonyl (C=O) groups excluding carboxylic acids is 1. The van der Waals surface area contributed by atoms with Crippen LogP contribution in [0.4, 0.5) is 0 Å². The zero-order valence-electron chi connectivity index (χ0n) is 12.2. The predicted octanol–water partition coefficient (Wildman–Crippen LogP) is 3.17.